The van der Waals surface area contributed by atoms with Crippen LogP contribution in [0.4, 0.5) is 4.39 Å². The summed E-state index contributed by atoms with van der Waals surface area (Å²) in [5, 5.41) is 8.78. The Kier molecular flexibility index (Phi) is 9.17. The second-order valence-corrected chi connectivity index (χ2v) is 9.53. The summed E-state index contributed by atoms with van der Waals surface area (Å²) in [7, 11) is 0. The summed E-state index contributed by atoms with van der Waals surface area (Å²) in [5.41, 5.74) is 1.02. The maximum absolute atomic E-state index is 14.4. The minimum Gasteiger partial charge on any atom is -0.423 e. The summed E-state index contributed by atoms with van der Waals surface area (Å²) < 4.78 is 19.4. The van der Waals surface area contributed by atoms with Gasteiger partial charge < -0.3 is 9.84 Å². The van der Waals surface area contributed by atoms with Gasteiger partial charge in [-0.15, -0.1) is 0 Å². The Bertz CT molecular complexity index is 658. The van der Waals surface area contributed by atoms with E-state index < -0.39 is 11.8 Å². The highest BCUT2D eigenvalue weighted by molar-refractivity contribution is 5.72. The Hall–Kier alpha value is -1.42. The molecule has 30 heavy (non-hydrogen) atoms. The minimum atomic E-state index is -0.607. The number of aliphatic hydroxyl groups is 1. The number of rotatable bonds is 9. The van der Waals surface area contributed by atoms with E-state index in [0.29, 0.717) is 5.92 Å². The Balaban J connectivity index is 1.44. The number of halogens is 1. The molecule has 0 saturated heterocycles. The fraction of sp³-hybridized carbons (Fsp3) is 0.731. The summed E-state index contributed by atoms with van der Waals surface area (Å²) in [6.07, 6.45) is 15.9. The topological polar surface area (TPSA) is 46.5 Å². The second-order valence-electron chi connectivity index (χ2n) is 9.53. The Morgan fingerprint density at radius 1 is 1.03 bits per heavy atom. The summed E-state index contributed by atoms with van der Waals surface area (Å²) in [6.45, 7) is 1.99. The standard InChI is InChI=1S/C26H39FO3/c1-2-3-4-5-19-6-8-20(9-7-19)21-10-12-22(13-11-21)23-14-15-25(24(27)18-23)30-26(29)16-17-28/h14-15,18-22,28H,2-13,16-17H2,1H3. The molecule has 1 N–H and O–H groups in total. The lowest BCUT2D eigenvalue weighted by Crippen LogP contribution is -2.25. The molecule has 0 heterocycles. The van der Waals surface area contributed by atoms with Crippen LogP contribution in [0.2, 0.25) is 0 Å². The van der Waals surface area contributed by atoms with E-state index in [4.69, 9.17) is 9.84 Å². The molecule has 2 aliphatic rings. The number of carbonyl (C=O) groups excluding carboxylic acids is 1. The van der Waals surface area contributed by atoms with Gasteiger partial charge in [-0.3, -0.25) is 4.79 Å². The number of unbranched alkanes of at least 4 members (excludes halogenated alkanes) is 2. The Morgan fingerprint density at radius 2 is 1.70 bits per heavy atom. The van der Waals surface area contributed by atoms with Gasteiger partial charge in [0.05, 0.1) is 13.0 Å². The highest BCUT2D eigenvalue weighted by atomic mass is 19.1. The Labute approximate surface area is 181 Å². The summed E-state index contributed by atoms with van der Waals surface area (Å²) in [4.78, 5) is 11.5. The monoisotopic (exact) mass is 418 g/mol. The van der Waals surface area contributed by atoms with E-state index in [2.05, 4.69) is 6.92 Å². The van der Waals surface area contributed by atoms with Crippen LogP contribution in [0.1, 0.15) is 102 Å². The third kappa shape index (κ3) is 6.54. The van der Waals surface area contributed by atoms with Gasteiger partial charge in [-0.2, -0.15) is 0 Å². The van der Waals surface area contributed by atoms with Crippen molar-refractivity contribution < 1.29 is 19.0 Å². The van der Waals surface area contributed by atoms with Gasteiger partial charge in [0, 0.05) is 0 Å². The predicted octanol–water partition coefficient (Wildman–Crippen LogP) is 6.77. The number of aliphatic hydroxyl groups excluding tert-OH is 1. The lowest BCUT2D eigenvalue weighted by atomic mass is 9.68. The smallest absolute Gasteiger partial charge is 0.313 e. The molecule has 0 bridgehead atoms. The molecule has 0 atom stereocenters. The predicted molar refractivity (Wildman–Crippen MR) is 118 cm³/mol. The molecule has 0 unspecified atom stereocenters. The number of esters is 1. The molecule has 168 valence electrons. The van der Waals surface area contributed by atoms with Gasteiger partial charge in [0.15, 0.2) is 11.6 Å². The van der Waals surface area contributed by atoms with Crippen molar-refractivity contribution in [2.24, 2.45) is 17.8 Å². The molecule has 2 fully saturated rings. The van der Waals surface area contributed by atoms with Crippen molar-refractivity contribution in [2.75, 3.05) is 6.61 Å². The van der Waals surface area contributed by atoms with Crippen molar-refractivity contribution in [1.82, 2.24) is 0 Å². The van der Waals surface area contributed by atoms with Crippen molar-refractivity contribution in [2.45, 2.75) is 96.3 Å². The maximum Gasteiger partial charge on any atom is 0.313 e. The van der Waals surface area contributed by atoms with Crippen LogP contribution < -0.4 is 4.74 Å². The molecule has 0 amide bonds. The van der Waals surface area contributed by atoms with Crippen molar-refractivity contribution in [3.63, 3.8) is 0 Å². The molecular weight excluding hydrogens is 379 g/mol. The summed E-state index contributed by atoms with van der Waals surface area (Å²) in [6, 6.07) is 5.00. The van der Waals surface area contributed by atoms with Crippen LogP contribution in [0.3, 0.4) is 0 Å². The van der Waals surface area contributed by atoms with Gasteiger partial charge in [-0.05, 0) is 79.9 Å². The van der Waals surface area contributed by atoms with Crippen molar-refractivity contribution >= 4 is 5.97 Å². The van der Waals surface area contributed by atoms with Crippen LogP contribution in [0.5, 0.6) is 5.75 Å². The van der Waals surface area contributed by atoms with E-state index in [9.17, 15) is 9.18 Å². The Morgan fingerprint density at radius 3 is 2.30 bits per heavy atom. The normalized spacial score (nSPS) is 27.0. The highest BCUT2D eigenvalue weighted by Gasteiger charge is 2.31. The molecule has 0 aliphatic heterocycles. The second kappa shape index (κ2) is 11.8. The quantitative estimate of drug-likeness (QED) is 0.273. The largest absolute Gasteiger partial charge is 0.423 e. The number of ether oxygens (including phenoxy) is 1. The summed E-state index contributed by atoms with van der Waals surface area (Å²) in [5.74, 6) is 1.99. The van der Waals surface area contributed by atoms with Crippen LogP contribution in [-0.4, -0.2) is 17.7 Å². The zero-order valence-corrected chi connectivity index (χ0v) is 18.6. The van der Waals surface area contributed by atoms with Crippen LogP contribution in [0.15, 0.2) is 18.2 Å². The van der Waals surface area contributed by atoms with E-state index >= 15 is 0 Å². The highest BCUT2D eigenvalue weighted by Crippen LogP contribution is 2.44. The lowest BCUT2D eigenvalue weighted by molar-refractivity contribution is -0.135. The molecule has 0 radical (unpaired) electrons. The maximum atomic E-state index is 14.4. The van der Waals surface area contributed by atoms with Crippen molar-refractivity contribution in [3.05, 3.63) is 29.6 Å². The zero-order chi connectivity index (χ0) is 21.3. The zero-order valence-electron chi connectivity index (χ0n) is 18.6. The van der Waals surface area contributed by atoms with E-state index in [1.54, 1.807) is 6.07 Å². The number of hydrogen-bond donors (Lipinski definition) is 1. The molecule has 1 aromatic rings. The molecule has 3 nitrogen and oxygen atoms in total. The first-order chi connectivity index (χ1) is 14.6. The number of carbonyl (C=O) groups is 1. The minimum absolute atomic E-state index is 0.0402. The third-order valence-electron chi connectivity index (χ3n) is 7.51. The fourth-order valence-corrected chi connectivity index (χ4v) is 5.67. The molecule has 2 aliphatic carbocycles. The average Bonchev–Trinajstić information content (AvgIpc) is 2.76. The number of benzene rings is 1. The van der Waals surface area contributed by atoms with Crippen LogP contribution in [-0.2, 0) is 4.79 Å². The molecular formula is C26H39FO3. The van der Waals surface area contributed by atoms with Gasteiger partial charge in [-0.25, -0.2) is 4.39 Å². The van der Waals surface area contributed by atoms with E-state index in [-0.39, 0.29) is 18.8 Å². The van der Waals surface area contributed by atoms with E-state index in [1.165, 1.54) is 70.3 Å². The first kappa shape index (κ1) is 23.2. The van der Waals surface area contributed by atoms with Crippen LogP contribution in [0, 0.1) is 23.6 Å². The molecule has 0 spiro atoms. The van der Waals surface area contributed by atoms with Crippen LogP contribution >= 0.6 is 0 Å². The summed E-state index contributed by atoms with van der Waals surface area (Å²) >= 11 is 0. The van der Waals surface area contributed by atoms with Crippen LogP contribution in [0.25, 0.3) is 0 Å². The first-order valence-corrected chi connectivity index (χ1v) is 12.2. The molecule has 0 aromatic heterocycles. The van der Waals surface area contributed by atoms with Crippen molar-refractivity contribution in [1.29, 1.82) is 0 Å². The number of hydrogen-bond acceptors (Lipinski definition) is 3. The molecule has 4 heteroatoms. The van der Waals surface area contributed by atoms with Gasteiger partial charge >= 0.3 is 5.97 Å². The van der Waals surface area contributed by atoms with Gasteiger partial charge in [-0.1, -0.05) is 51.5 Å². The van der Waals surface area contributed by atoms with E-state index in [0.717, 1.165) is 36.2 Å². The lowest BCUT2D eigenvalue weighted by Gasteiger charge is -2.38. The molecule has 3 rings (SSSR count). The van der Waals surface area contributed by atoms with E-state index in [1.807, 2.05) is 6.07 Å². The van der Waals surface area contributed by atoms with Gasteiger partial charge in [0.2, 0.25) is 0 Å². The fourth-order valence-electron chi connectivity index (χ4n) is 5.67. The third-order valence-corrected chi connectivity index (χ3v) is 7.51. The van der Waals surface area contributed by atoms with Gasteiger partial charge in [0.1, 0.15) is 0 Å². The van der Waals surface area contributed by atoms with Gasteiger partial charge in [0.25, 0.3) is 0 Å². The molecule has 2 saturated carbocycles. The average molecular weight is 419 g/mol. The van der Waals surface area contributed by atoms with Crippen molar-refractivity contribution in [3.8, 4) is 5.75 Å². The SMILES string of the molecule is CCCCCC1CCC(C2CCC(c3ccc(OC(=O)CCO)c(F)c3)CC2)CC1. The first-order valence-electron chi connectivity index (χ1n) is 12.2. The molecule has 1 aromatic carbocycles.